The van der Waals surface area contributed by atoms with Gasteiger partial charge in [-0.3, -0.25) is 4.99 Å². The lowest BCUT2D eigenvalue weighted by molar-refractivity contribution is 0.139. The van der Waals surface area contributed by atoms with E-state index in [1.165, 1.54) is 0 Å². The second-order valence-corrected chi connectivity index (χ2v) is 5.61. The molecule has 7 heteroatoms. The summed E-state index contributed by atoms with van der Waals surface area (Å²) in [6.07, 6.45) is 2.20. The molecule has 0 radical (unpaired) electrons. The fourth-order valence-electron chi connectivity index (χ4n) is 1.78. The van der Waals surface area contributed by atoms with Crippen LogP contribution in [0, 0.1) is 0 Å². The van der Waals surface area contributed by atoms with E-state index in [9.17, 15) is 0 Å². The summed E-state index contributed by atoms with van der Waals surface area (Å²) in [5, 5.41) is 4.33. The molecule has 0 aromatic heterocycles. The van der Waals surface area contributed by atoms with Crippen LogP contribution in [0.5, 0.6) is 0 Å². The molecule has 0 bridgehead atoms. The Morgan fingerprint density at radius 3 is 2.73 bits per heavy atom. The summed E-state index contributed by atoms with van der Waals surface area (Å²) in [5.41, 5.74) is 6.78. The molecule has 0 heterocycles. The monoisotopic (exact) mass is 459 g/mol. The predicted molar refractivity (Wildman–Crippen MR) is 106 cm³/mol. The maximum absolute atomic E-state index is 6.16. The second-order valence-electron chi connectivity index (χ2n) is 4.76. The molecule has 22 heavy (non-hydrogen) atoms. The molecule has 0 aliphatic heterocycles. The Kier molecular flexibility index (Phi) is 12.1. The SMILES string of the molecule is CCCCOCCN=C(N)NC(C)c1ccc(Cl)cc1Cl.I. The highest BCUT2D eigenvalue weighted by Gasteiger charge is 2.10. The van der Waals surface area contributed by atoms with Crippen molar-refractivity contribution < 1.29 is 4.74 Å². The number of hydrogen-bond acceptors (Lipinski definition) is 2. The smallest absolute Gasteiger partial charge is 0.189 e. The minimum atomic E-state index is -0.0421. The van der Waals surface area contributed by atoms with Crippen molar-refractivity contribution in [1.82, 2.24) is 5.32 Å². The molecule has 1 aromatic carbocycles. The Bertz CT molecular complexity index is 472. The maximum Gasteiger partial charge on any atom is 0.189 e. The standard InChI is InChI=1S/C15H23Cl2N3O.HI/c1-3-4-8-21-9-7-19-15(18)20-11(2)13-6-5-12(16)10-14(13)17;/h5-6,10-11H,3-4,7-9H2,1-2H3,(H3,18,19,20);1H. The van der Waals surface area contributed by atoms with Crippen molar-refractivity contribution in [2.45, 2.75) is 32.7 Å². The first-order valence-corrected chi connectivity index (χ1v) is 7.89. The molecule has 0 aliphatic rings. The highest BCUT2D eigenvalue weighted by molar-refractivity contribution is 14.0. The number of rotatable bonds is 8. The van der Waals surface area contributed by atoms with E-state index in [-0.39, 0.29) is 30.0 Å². The van der Waals surface area contributed by atoms with Gasteiger partial charge in [-0.05, 0) is 31.0 Å². The van der Waals surface area contributed by atoms with Gasteiger partial charge in [0, 0.05) is 16.7 Å². The molecule has 1 rings (SSSR count). The summed E-state index contributed by atoms with van der Waals surface area (Å²) < 4.78 is 5.42. The van der Waals surface area contributed by atoms with Crippen molar-refractivity contribution in [2.24, 2.45) is 10.7 Å². The number of nitrogens with two attached hydrogens (primary N) is 1. The van der Waals surface area contributed by atoms with Crippen LogP contribution in [-0.4, -0.2) is 25.7 Å². The van der Waals surface area contributed by atoms with Crippen LogP contribution in [0.2, 0.25) is 10.0 Å². The number of nitrogens with one attached hydrogen (secondary N) is 1. The molecule has 1 unspecified atom stereocenters. The van der Waals surface area contributed by atoms with E-state index in [2.05, 4.69) is 17.2 Å². The Morgan fingerprint density at radius 2 is 2.09 bits per heavy atom. The van der Waals surface area contributed by atoms with Crippen molar-refractivity contribution in [3.8, 4) is 0 Å². The summed E-state index contributed by atoms with van der Waals surface area (Å²) in [5.74, 6) is 0.382. The summed E-state index contributed by atoms with van der Waals surface area (Å²) in [7, 11) is 0. The number of guanidine groups is 1. The molecule has 3 N–H and O–H groups in total. The summed E-state index contributed by atoms with van der Waals surface area (Å²) in [4.78, 5) is 4.22. The molecule has 126 valence electrons. The van der Waals surface area contributed by atoms with Gasteiger partial charge in [-0.2, -0.15) is 0 Å². The van der Waals surface area contributed by atoms with Crippen LogP contribution in [-0.2, 0) is 4.74 Å². The molecular weight excluding hydrogens is 436 g/mol. The van der Waals surface area contributed by atoms with Crippen LogP contribution in [0.3, 0.4) is 0 Å². The first kappa shape index (κ1) is 21.8. The van der Waals surface area contributed by atoms with Gasteiger partial charge >= 0.3 is 0 Å². The number of aliphatic imine (C=N–C) groups is 1. The highest BCUT2D eigenvalue weighted by Crippen LogP contribution is 2.25. The lowest BCUT2D eigenvalue weighted by atomic mass is 10.1. The zero-order chi connectivity index (χ0) is 15.7. The van der Waals surface area contributed by atoms with Gasteiger partial charge in [0.05, 0.1) is 19.2 Å². The van der Waals surface area contributed by atoms with E-state index in [4.69, 9.17) is 33.7 Å². The Labute approximate surface area is 159 Å². The number of unbranched alkanes of at least 4 members (excludes halogenated alkanes) is 1. The minimum Gasteiger partial charge on any atom is -0.380 e. The number of halogens is 3. The summed E-state index contributed by atoms with van der Waals surface area (Å²) in [6, 6.07) is 5.35. The highest BCUT2D eigenvalue weighted by atomic mass is 127. The van der Waals surface area contributed by atoms with Crippen LogP contribution >= 0.6 is 47.2 Å². The lowest BCUT2D eigenvalue weighted by Gasteiger charge is -2.16. The first-order chi connectivity index (χ1) is 10.0. The molecule has 0 spiro atoms. The van der Waals surface area contributed by atoms with Gasteiger partial charge in [-0.15, -0.1) is 24.0 Å². The molecule has 1 aromatic rings. The van der Waals surface area contributed by atoms with E-state index in [1.807, 2.05) is 13.0 Å². The normalized spacial score (nSPS) is 12.6. The van der Waals surface area contributed by atoms with Gasteiger partial charge in [0.1, 0.15) is 0 Å². The van der Waals surface area contributed by atoms with Crippen molar-refractivity contribution in [1.29, 1.82) is 0 Å². The maximum atomic E-state index is 6.16. The predicted octanol–water partition coefficient (Wildman–Crippen LogP) is 4.39. The molecule has 0 aliphatic carbocycles. The number of benzene rings is 1. The van der Waals surface area contributed by atoms with Crippen molar-refractivity contribution in [2.75, 3.05) is 19.8 Å². The largest absolute Gasteiger partial charge is 0.380 e. The van der Waals surface area contributed by atoms with Gasteiger partial charge in [0.15, 0.2) is 5.96 Å². The van der Waals surface area contributed by atoms with Crippen LogP contribution in [0.15, 0.2) is 23.2 Å². The zero-order valence-corrected chi connectivity index (χ0v) is 16.8. The molecule has 0 fully saturated rings. The number of nitrogens with zero attached hydrogens (tertiary/aromatic N) is 1. The number of hydrogen-bond donors (Lipinski definition) is 2. The molecule has 0 amide bonds. The van der Waals surface area contributed by atoms with Gasteiger partial charge < -0.3 is 15.8 Å². The van der Waals surface area contributed by atoms with Crippen LogP contribution in [0.1, 0.15) is 38.3 Å². The third-order valence-electron chi connectivity index (χ3n) is 2.95. The van der Waals surface area contributed by atoms with Gasteiger partial charge in [0.25, 0.3) is 0 Å². The molecule has 4 nitrogen and oxygen atoms in total. The van der Waals surface area contributed by atoms with Gasteiger partial charge in [0.2, 0.25) is 0 Å². The Morgan fingerprint density at radius 1 is 1.36 bits per heavy atom. The van der Waals surface area contributed by atoms with Crippen molar-refractivity contribution in [3.63, 3.8) is 0 Å². The topological polar surface area (TPSA) is 59.6 Å². The Balaban J connectivity index is 0.00000441. The number of ether oxygens (including phenoxy) is 1. The molecule has 0 saturated heterocycles. The molecule has 1 atom stereocenters. The molecule has 0 saturated carbocycles. The second kappa shape index (κ2) is 12.2. The van der Waals surface area contributed by atoms with Crippen LogP contribution in [0.4, 0.5) is 0 Å². The van der Waals surface area contributed by atoms with Crippen LogP contribution < -0.4 is 11.1 Å². The molecular formula is C15H24Cl2IN3O. The van der Waals surface area contributed by atoms with Crippen molar-refractivity contribution in [3.05, 3.63) is 33.8 Å². The van der Waals surface area contributed by atoms with E-state index < -0.39 is 0 Å². The summed E-state index contributed by atoms with van der Waals surface area (Å²) >= 11 is 12.0. The lowest BCUT2D eigenvalue weighted by Crippen LogP contribution is -2.34. The average Bonchev–Trinajstić information content (AvgIpc) is 2.42. The third kappa shape index (κ3) is 8.41. The minimum absolute atomic E-state index is 0. The van der Waals surface area contributed by atoms with E-state index in [1.54, 1.807) is 12.1 Å². The summed E-state index contributed by atoms with van der Waals surface area (Å²) in [6.45, 7) is 6.00. The van der Waals surface area contributed by atoms with Crippen LogP contribution in [0.25, 0.3) is 0 Å². The quantitative estimate of drug-likeness (QED) is 0.262. The van der Waals surface area contributed by atoms with Crippen molar-refractivity contribution >= 4 is 53.1 Å². The zero-order valence-electron chi connectivity index (χ0n) is 12.9. The third-order valence-corrected chi connectivity index (χ3v) is 3.52. The van der Waals surface area contributed by atoms with Gasteiger partial charge in [-0.1, -0.05) is 42.6 Å². The first-order valence-electron chi connectivity index (χ1n) is 7.13. The fourth-order valence-corrected chi connectivity index (χ4v) is 2.35. The van der Waals surface area contributed by atoms with Gasteiger partial charge in [-0.25, -0.2) is 0 Å². The Hall–Kier alpha value is -0.240. The van der Waals surface area contributed by atoms with E-state index in [0.717, 1.165) is 25.0 Å². The fraction of sp³-hybridized carbons (Fsp3) is 0.533. The average molecular weight is 460 g/mol. The van der Waals surface area contributed by atoms with E-state index >= 15 is 0 Å². The van der Waals surface area contributed by atoms with E-state index in [0.29, 0.717) is 29.2 Å².